The summed E-state index contributed by atoms with van der Waals surface area (Å²) in [6.45, 7) is 0.0240. The Labute approximate surface area is 142 Å². The number of alkyl halides is 2. The predicted molar refractivity (Wildman–Crippen MR) is 74.8 cm³/mol. The van der Waals surface area contributed by atoms with Crippen LogP contribution in [0.1, 0.15) is 25.7 Å². The first-order valence-electron chi connectivity index (χ1n) is 7.89. The third-order valence-corrected chi connectivity index (χ3v) is 5.53. The standard InChI is InChI=1S/C12H16F2N4O6S/c13-9-3-1-7-5-15(9)11(19)17(7)23-25(21,22)24-18-8-2-4-10(14)16(6-8)12(18)20/h7-10H,1-6H2/t7-,8-,9+,10+/m1/s1. The van der Waals surface area contributed by atoms with Crippen molar-refractivity contribution < 1.29 is 35.4 Å². The zero-order chi connectivity index (χ0) is 17.9. The van der Waals surface area contributed by atoms with Crippen molar-refractivity contribution in [1.29, 1.82) is 0 Å². The smallest absolute Gasteiger partial charge is 0.290 e. The van der Waals surface area contributed by atoms with Crippen molar-refractivity contribution >= 4 is 22.5 Å². The van der Waals surface area contributed by atoms with Crippen LogP contribution in [0.3, 0.4) is 0 Å². The number of rotatable bonds is 4. The van der Waals surface area contributed by atoms with Gasteiger partial charge in [0.15, 0.2) is 12.6 Å². The van der Waals surface area contributed by atoms with E-state index < -0.39 is 47.1 Å². The normalized spacial score (nSPS) is 35.1. The fourth-order valence-corrected chi connectivity index (χ4v) is 4.37. The van der Waals surface area contributed by atoms with Crippen LogP contribution in [-0.4, -0.2) is 78.2 Å². The van der Waals surface area contributed by atoms with Crippen LogP contribution in [0.15, 0.2) is 0 Å². The molecule has 10 nitrogen and oxygen atoms in total. The van der Waals surface area contributed by atoms with Gasteiger partial charge >= 0.3 is 22.5 Å². The largest absolute Gasteiger partial charge is 0.442 e. The predicted octanol–water partition coefficient (Wildman–Crippen LogP) is 0.486. The third kappa shape index (κ3) is 2.69. The summed E-state index contributed by atoms with van der Waals surface area (Å²) in [5.41, 5.74) is 0. The second-order valence-electron chi connectivity index (χ2n) is 6.41. The van der Waals surface area contributed by atoms with Crippen molar-refractivity contribution in [3.05, 3.63) is 0 Å². The van der Waals surface area contributed by atoms with Gasteiger partial charge < -0.3 is 0 Å². The van der Waals surface area contributed by atoms with E-state index in [-0.39, 0.29) is 38.8 Å². The highest BCUT2D eigenvalue weighted by molar-refractivity contribution is 7.81. The van der Waals surface area contributed by atoms with Gasteiger partial charge in [-0.15, -0.1) is 8.57 Å². The number of hydrogen-bond acceptors (Lipinski definition) is 6. The number of hydroxylamine groups is 4. The summed E-state index contributed by atoms with van der Waals surface area (Å²) in [4.78, 5) is 25.8. The van der Waals surface area contributed by atoms with Crippen LogP contribution >= 0.6 is 0 Å². The number of carbonyl (C=O) groups is 2. The van der Waals surface area contributed by atoms with Gasteiger partial charge in [0.1, 0.15) is 0 Å². The zero-order valence-corrected chi connectivity index (χ0v) is 13.8. The zero-order valence-electron chi connectivity index (χ0n) is 13.0. The molecule has 4 bridgehead atoms. The van der Waals surface area contributed by atoms with Crippen molar-refractivity contribution in [2.75, 3.05) is 13.1 Å². The van der Waals surface area contributed by atoms with Crippen molar-refractivity contribution in [1.82, 2.24) is 19.9 Å². The van der Waals surface area contributed by atoms with Crippen LogP contribution in [0.25, 0.3) is 0 Å². The lowest BCUT2D eigenvalue weighted by atomic mass is 10.1. The molecule has 0 aromatic carbocycles. The fraction of sp³-hybridized carbons (Fsp3) is 0.833. The summed E-state index contributed by atoms with van der Waals surface area (Å²) >= 11 is 0. The van der Waals surface area contributed by atoms with Crippen LogP contribution in [-0.2, 0) is 19.0 Å². The van der Waals surface area contributed by atoms with Gasteiger partial charge in [-0.3, -0.25) is 9.80 Å². The van der Waals surface area contributed by atoms with E-state index in [1.807, 2.05) is 0 Å². The SMILES string of the molecule is O=C1N2C[C@@H](CC[C@H]2F)N1OS(=O)(=O)ON1C(=O)N2C[C@H]1CC[C@H]2F. The van der Waals surface area contributed by atoms with Gasteiger partial charge in [0.2, 0.25) is 0 Å². The Morgan fingerprint density at radius 1 is 0.800 bits per heavy atom. The highest BCUT2D eigenvalue weighted by Gasteiger charge is 2.51. The van der Waals surface area contributed by atoms with E-state index >= 15 is 0 Å². The third-order valence-electron chi connectivity index (χ3n) is 4.84. The minimum atomic E-state index is -4.81. The highest BCUT2D eigenvalue weighted by atomic mass is 32.3. The molecule has 4 heterocycles. The molecule has 0 unspecified atom stereocenters. The summed E-state index contributed by atoms with van der Waals surface area (Å²) in [6.07, 6.45) is -2.35. The van der Waals surface area contributed by atoms with Gasteiger partial charge in [-0.25, -0.2) is 18.4 Å². The van der Waals surface area contributed by atoms with E-state index in [1.54, 1.807) is 0 Å². The minimum Gasteiger partial charge on any atom is -0.290 e. The number of amides is 4. The minimum absolute atomic E-state index is 0.0120. The summed E-state index contributed by atoms with van der Waals surface area (Å²) in [7, 11) is -4.81. The molecule has 0 aliphatic carbocycles. The molecule has 4 aliphatic heterocycles. The molecule has 0 N–H and O–H groups in total. The maximum absolute atomic E-state index is 13.6. The molecule has 4 saturated heterocycles. The Hall–Kier alpha value is -1.73. The monoisotopic (exact) mass is 382 g/mol. The maximum Gasteiger partial charge on any atom is 0.442 e. The molecule has 0 radical (unpaired) electrons. The lowest BCUT2D eigenvalue weighted by Crippen LogP contribution is -2.41. The van der Waals surface area contributed by atoms with Crippen molar-refractivity contribution in [3.63, 3.8) is 0 Å². The summed E-state index contributed by atoms with van der Waals surface area (Å²) < 4.78 is 60.9. The first-order chi connectivity index (χ1) is 11.8. The van der Waals surface area contributed by atoms with Crippen LogP contribution in [0.5, 0.6) is 0 Å². The lowest BCUT2D eigenvalue weighted by molar-refractivity contribution is -0.0842. The second-order valence-corrected chi connectivity index (χ2v) is 7.52. The number of carbonyl (C=O) groups excluding carboxylic acids is 2. The number of piperidine rings is 2. The molecule has 0 spiro atoms. The molecule has 0 saturated carbocycles. The van der Waals surface area contributed by atoms with Crippen LogP contribution < -0.4 is 0 Å². The quantitative estimate of drug-likeness (QED) is 0.656. The number of halogens is 2. The Bertz CT molecular complexity index is 656. The number of urea groups is 2. The van der Waals surface area contributed by atoms with Crippen molar-refractivity contribution in [2.24, 2.45) is 0 Å². The van der Waals surface area contributed by atoms with E-state index in [4.69, 9.17) is 0 Å². The van der Waals surface area contributed by atoms with Gasteiger partial charge in [0.25, 0.3) is 0 Å². The van der Waals surface area contributed by atoms with Gasteiger partial charge in [0, 0.05) is 13.1 Å². The van der Waals surface area contributed by atoms with Crippen LogP contribution in [0.4, 0.5) is 18.4 Å². The average Bonchev–Trinajstić information content (AvgIpc) is 2.96. The molecule has 4 amide bonds. The first kappa shape index (κ1) is 16.7. The molecule has 0 aromatic rings. The average molecular weight is 382 g/mol. The van der Waals surface area contributed by atoms with Gasteiger partial charge in [-0.1, -0.05) is 0 Å². The van der Waals surface area contributed by atoms with Crippen molar-refractivity contribution in [2.45, 2.75) is 50.4 Å². The Kier molecular flexibility index (Phi) is 3.77. The molecule has 4 atom stereocenters. The second kappa shape index (κ2) is 5.64. The molecular weight excluding hydrogens is 366 g/mol. The first-order valence-corrected chi connectivity index (χ1v) is 9.22. The topological polar surface area (TPSA) is 99.7 Å². The van der Waals surface area contributed by atoms with E-state index in [9.17, 15) is 26.8 Å². The molecule has 25 heavy (non-hydrogen) atoms. The summed E-state index contributed by atoms with van der Waals surface area (Å²) in [6, 6.07) is -3.07. The van der Waals surface area contributed by atoms with Gasteiger partial charge in [-0.2, -0.15) is 18.5 Å². The molecule has 4 aliphatic rings. The molecule has 4 rings (SSSR count). The van der Waals surface area contributed by atoms with Crippen LogP contribution in [0.2, 0.25) is 0 Å². The summed E-state index contributed by atoms with van der Waals surface area (Å²) in [5.74, 6) is 0. The van der Waals surface area contributed by atoms with Crippen LogP contribution in [0, 0.1) is 0 Å². The Morgan fingerprint density at radius 3 is 1.56 bits per heavy atom. The molecular formula is C12H16F2N4O6S. The Morgan fingerprint density at radius 2 is 1.20 bits per heavy atom. The van der Waals surface area contributed by atoms with E-state index in [0.717, 1.165) is 9.80 Å². The van der Waals surface area contributed by atoms with Crippen molar-refractivity contribution in [3.8, 4) is 0 Å². The summed E-state index contributed by atoms with van der Waals surface area (Å²) in [5, 5.41) is 1.11. The molecule has 0 aromatic heterocycles. The molecule has 140 valence electrons. The number of hydrogen-bond donors (Lipinski definition) is 0. The lowest BCUT2D eigenvalue weighted by Gasteiger charge is -2.25. The van der Waals surface area contributed by atoms with E-state index in [1.165, 1.54) is 0 Å². The molecule has 13 heteroatoms. The number of nitrogens with zero attached hydrogens (tertiary/aromatic N) is 4. The maximum atomic E-state index is 13.6. The highest BCUT2D eigenvalue weighted by Crippen LogP contribution is 2.33. The molecule has 4 fully saturated rings. The van der Waals surface area contributed by atoms with E-state index in [2.05, 4.69) is 8.57 Å². The number of fused-ring (bicyclic) bond motifs is 4. The fourth-order valence-electron chi connectivity index (χ4n) is 3.58. The van der Waals surface area contributed by atoms with Gasteiger partial charge in [0.05, 0.1) is 12.1 Å². The van der Waals surface area contributed by atoms with E-state index in [0.29, 0.717) is 10.1 Å². The Balaban J connectivity index is 1.46. The van der Waals surface area contributed by atoms with Gasteiger partial charge in [-0.05, 0) is 25.7 Å².